The van der Waals surface area contributed by atoms with E-state index in [0.29, 0.717) is 5.92 Å². The summed E-state index contributed by atoms with van der Waals surface area (Å²) in [6, 6.07) is 6.71. The zero-order chi connectivity index (χ0) is 13.8. The Bertz CT molecular complexity index is 431. The van der Waals surface area contributed by atoms with Gasteiger partial charge in [-0.25, -0.2) is 0 Å². The quantitative estimate of drug-likeness (QED) is 0.668. The number of nitro groups is 1. The molecule has 0 saturated carbocycles. The van der Waals surface area contributed by atoms with Crippen LogP contribution in [0.15, 0.2) is 24.3 Å². The van der Waals surface area contributed by atoms with E-state index in [1.54, 1.807) is 12.1 Å². The lowest BCUT2D eigenvalue weighted by Gasteiger charge is -2.34. The molecule has 1 aromatic carbocycles. The van der Waals surface area contributed by atoms with Gasteiger partial charge in [-0.3, -0.25) is 15.0 Å². The summed E-state index contributed by atoms with van der Waals surface area (Å²) in [5, 5.41) is 20.2. The summed E-state index contributed by atoms with van der Waals surface area (Å²) in [6.07, 6.45) is 1.91. The van der Waals surface area contributed by atoms with Crippen LogP contribution in [0.25, 0.3) is 0 Å². The number of rotatable bonds is 4. The predicted molar refractivity (Wildman–Crippen MR) is 72.8 cm³/mol. The van der Waals surface area contributed by atoms with Crippen LogP contribution in [0.5, 0.6) is 0 Å². The van der Waals surface area contributed by atoms with Gasteiger partial charge in [-0.2, -0.15) is 0 Å². The number of non-ortho nitro benzene ring substituents is 1. The van der Waals surface area contributed by atoms with Crippen molar-refractivity contribution < 1.29 is 10.0 Å². The number of likely N-dealkylation sites (tertiary alicyclic amines) is 1. The Morgan fingerprint density at radius 3 is 2.74 bits per heavy atom. The van der Waals surface area contributed by atoms with Crippen LogP contribution in [0.4, 0.5) is 5.69 Å². The van der Waals surface area contributed by atoms with Crippen LogP contribution in [0.1, 0.15) is 25.3 Å². The number of hydrogen-bond acceptors (Lipinski definition) is 4. The molecule has 0 aromatic heterocycles. The van der Waals surface area contributed by atoms with Crippen molar-refractivity contribution in [2.45, 2.75) is 32.4 Å². The second-order valence-corrected chi connectivity index (χ2v) is 5.30. The highest BCUT2D eigenvalue weighted by Gasteiger charge is 2.23. The van der Waals surface area contributed by atoms with E-state index in [0.717, 1.165) is 38.0 Å². The standard InChI is InChI=1S/C14H20N2O3/c1-11(17)13-3-2-8-15(10-13)9-12-4-6-14(7-5-12)16(18)19/h4-7,11,13,17H,2-3,8-10H2,1H3/t11-,13-/m1/s1. The van der Waals surface area contributed by atoms with Crippen molar-refractivity contribution >= 4 is 5.69 Å². The first-order valence-electron chi connectivity index (χ1n) is 6.70. The molecule has 1 N–H and O–H groups in total. The number of nitrogens with zero attached hydrogens (tertiary/aromatic N) is 2. The molecule has 104 valence electrons. The number of nitro benzene ring substituents is 1. The van der Waals surface area contributed by atoms with Crippen molar-refractivity contribution in [1.29, 1.82) is 0 Å². The summed E-state index contributed by atoms with van der Waals surface area (Å²) in [5.74, 6) is 0.340. The summed E-state index contributed by atoms with van der Waals surface area (Å²) in [6.45, 7) is 4.57. The number of piperidine rings is 1. The Morgan fingerprint density at radius 1 is 1.47 bits per heavy atom. The highest BCUT2D eigenvalue weighted by molar-refractivity contribution is 5.32. The van der Waals surface area contributed by atoms with Gasteiger partial charge in [0.1, 0.15) is 0 Å². The second-order valence-electron chi connectivity index (χ2n) is 5.30. The van der Waals surface area contributed by atoms with Crippen LogP contribution in [0.2, 0.25) is 0 Å². The van der Waals surface area contributed by atoms with E-state index in [2.05, 4.69) is 4.90 Å². The van der Waals surface area contributed by atoms with Crippen LogP contribution in [0.3, 0.4) is 0 Å². The molecular weight excluding hydrogens is 244 g/mol. The molecule has 19 heavy (non-hydrogen) atoms. The average molecular weight is 264 g/mol. The summed E-state index contributed by atoms with van der Waals surface area (Å²) < 4.78 is 0. The summed E-state index contributed by atoms with van der Waals surface area (Å²) in [7, 11) is 0. The van der Waals surface area contributed by atoms with Gasteiger partial charge in [0.15, 0.2) is 0 Å². The third-order valence-corrected chi connectivity index (χ3v) is 3.78. The highest BCUT2D eigenvalue weighted by atomic mass is 16.6. The Kier molecular flexibility index (Phi) is 4.50. The fourth-order valence-electron chi connectivity index (χ4n) is 2.61. The molecule has 5 heteroatoms. The van der Waals surface area contributed by atoms with Gasteiger partial charge in [0, 0.05) is 25.2 Å². The number of aliphatic hydroxyl groups excluding tert-OH is 1. The molecule has 1 saturated heterocycles. The van der Waals surface area contributed by atoms with E-state index in [-0.39, 0.29) is 16.7 Å². The summed E-state index contributed by atoms with van der Waals surface area (Å²) >= 11 is 0. The molecule has 0 radical (unpaired) electrons. The zero-order valence-electron chi connectivity index (χ0n) is 11.2. The number of aliphatic hydroxyl groups is 1. The lowest BCUT2D eigenvalue weighted by molar-refractivity contribution is -0.384. The van der Waals surface area contributed by atoms with Gasteiger partial charge in [-0.1, -0.05) is 12.1 Å². The first-order valence-corrected chi connectivity index (χ1v) is 6.70. The summed E-state index contributed by atoms with van der Waals surface area (Å²) in [5.41, 5.74) is 1.21. The van der Waals surface area contributed by atoms with E-state index in [1.807, 2.05) is 19.1 Å². The molecule has 1 heterocycles. The van der Waals surface area contributed by atoms with E-state index in [1.165, 1.54) is 0 Å². The Labute approximate surface area is 113 Å². The van der Waals surface area contributed by atoms with Gasteiger partial charge in [-0.15, -0.1) is 0 Å². The summed E-state index contributed by atoms with van der Waals surface area (Å²) in [4.78, 5) is 12.5. The number of hydrogen-bond donors (Lipinski definition) is 1. The molecule has 0 bridgehead atoms. The lowest BCUT2D eigenvalue weighted by Crippen LogP contribution is -2.38. The van der Waals surface area contributed by atoms with Crippen molar-refractivity contribution in [3.63, 3.8) is 0 Å². The molecule has 1 fully saturated rings. The smallest absolute Gasteiger partial charge is 0.269 e. The maximum absolute atomic E-state index is 10.6. The van der Waals surface area contributed by atoms with Crippen LogP contribution in [-0.4, -0.2) is 34.1 Å². The second kappa shape index (κ2) is 6.12. The fourth-order valence-corrected chi connectivity index (χ4v) is 2.61. The van der Waals surface area contributed by atoms with Gasteiger partial charge >= 0.3 is 0 Å². The highest BCUT2D eigenvalue weighted by Crippen LogP contribution is 2.22. The third-order valence-electron chi connectivity index (χ3n) is 3.78. The number of benzene rings is 1. The molecule has 0 aliphatic carbocycles. The third kappa shape index (κ3) is 3.75. The van der Waals surface area contributed by atoms with Crippen LogP contribution < -0.4 is 0 Å². The Morgan fingerprint density at radius 2 is 2.16 bits per heavy atom. The Hall–Kier alpha value is -1.46. The molecule has 1 aliphatic heterocycles. The minimum atomic E-state index is -0.381. The van der Waals surface area contributed by atoms with Crippen LogP contribution in [0, 0.1) is 16.0 Å². The zero-order valence-corrected chi connectivity index (χ0v) is 11.2. The van der Waals surface area contributed by atoms with E-state index < -0.39 is 0 Å². The fraction of sp³-hybridized carbons (Fsp3) is 0.571. The molecule has 5 nitrogen and oxygen atoms in total. The molecule has 2 atom stereocenters. The minimum Gasteiger partial charge on any atom is -0.393 e. The van der Waals surface area contributed by atoms with Gasteiger partial charge in [-0.05, 0) is 37.8 Å². The maximum Gasteiger partial charge on any atom is 0.269 e. The molecule has 0 unspecified atom stereocenters. The van der Waals surface area contributed by atoms with Gasteiger partial charge in [0.05, 0.1) is 11.0 Å². The monoisotopic (exact) mass is 264 g/mol. The van der Waals surface area contributed by atoms with Gasteiger partial charge in [0.25, 0.3) is 5.69 Å². The van der Waals surface area contributed by atoms with E-state index >= 15 is 0 Å². The first kappa shape index (κ1) is 14.0. The maximum atomic E-state index is 10.6. The SMILES string of the molecule is C[C@@H](O)[C@@H]1CCCN(Cc2ccc([N+](=O)[O-])cc2)C1. The minimum absolute atomic E-state index is 0.129. The van der Waals surface area contributed by atoms with Crippen molar-refractivity contribution in [2.75, 3.05) is 13.1 Å². The molecule has 0 spiro atoms. The van der Waals surface area contributed by atoms with Crippen molar-refractivity contribution in [2.24, 2.45) is 5.92 Å². The van der Waals surface area contributed by atoms with Gasteiger partial charge in [0.2, 0.25) is 0 Å². The van der Waals surface area contributed by atoms with Gasteiger partial charge < -0.3 is 5.11 Å². The van der Waals surface area contributed by atoms with Crippen molar-refractivity contribution in [1.82, 2.24) is 4.90 Å². The average Bonchev–Trinajstić information content (AvgIpc) is 2.39. The molecule has 2 rings (SSSR count). The first-order chi connectivity index (χ1) is 9.06. The van der Waals surface area contributed by atoms with E-state index in [9.17, 15) is 15.2 Å². The predicted octanol–water partition coefficient (Wildman–Crippen LogP) is 2.19. The molecule has 0 amide bonds. The molecule has 1 aromatic rings. The lowest BCUT2D eigenvalue weighted by atomic mass is 9.93. The van der Waals surface area contributed by atoms with Crippen molar-refractivity contribution in [3.05, 3.63) is 39.9 Å². The largest absolute Gasteiger partial charge is 0.393 e. The van der Waals surface area contributed by atoms with Crippen LogP contribution in [-0.2, 0) is 6.54 Å². The molecule has 1 aliphatic rings. The van der Waals surface area contributed by atoms with Crippen molar-refractivity contribution in [3.8, 4) is 0 Å². The topological polar surface area (TPSA) is 66.6 Å². The van der Waals surface area contributed by atoms with E-state index in [4.69, 9.17) is 0 Å². The van der Waals surface area contributed by atoms with Crippen LogP contribution >= 0.6 is 0 Å². The normalized spacial score (nSPS) is 22.1. The molecular formula is C14H20N2O3. The Balaban J connectivity index is 1.95.